The summed E-state index contributed by atoms with van der Waals surface area (Å²) >= 11 is 0. The van der Waals surface area contributed by atoms with Gasteiger partial charge >= 0.3 is 0 Å². The molecule has 118 valence electrons. The smallest absolute Gasteiger partial charge is 0.129 e. The fourth-order valence-corrected chi connectivity index (χ4v) is 3.45. The topological polar surface area (TPSA) is 12.0 Å². The summed E-state index contributed by atoms with van der Waals surface area (Å²) in [5.41, 5.74) is 0.206. The lowest BCUT2D eigenvalue weighted by Crippen LogP contribution is -2.37. The van der Waals surface area contributed by atoms with Crippen LogP contribution in [-0.4, -0.2) is 12.1 Å². The molecule has 0 spiro atoms. The molecule has 0 aliphatic heterocycles. The van der Waals surface area contributed by atoms with Crippen molar-refractivity contribution >= 4 is 0 Å². The van der Waals surface area contributed by atoms with Crippen molar-refractivity contribution in [3.8, 4) is 0 Å². The summed E-state index contributed by atoms with van der Waals surface area (Å²) in [6.07, 6.45) is 7.90. The number of rotatable bonds is 5. The van der Waals surface area contributed by atoms with Crippen LogP contribution in [0.1, 0.15) is 57.9 Å². The van der Waals surface area contributed by atoms with Crippen LogP contribution in [0.25, 0.3) is 0 Å². The van der Waals surface area contributed by atoms with Gasteiger partial charge in [0.1, 0.15) is 11.6 Å². The Hall–Kier alpha value is -0.960. The normalized spacial score (nSPS) is 24.6. The predicted octanol–water partition coefficient (Wildman–Crippen LogP) is 4.84. The third-order valence-electron chi connectivity index (χ3n) is 4.76. The maximum atomic E-state index is 13.7. The molecule has 0 radical (unpaired) electrons. The largest absolute Gasteiger partial charge is 0.311 e. The van der Waals surface area contributed by atoms with Gasteiger partial charge in [-0.1, -0.05) is 32.3 Å². The minimum atomic E-state index is -0.435. The van der Waals surface area contributed by atoms with Crippen LogP contribution in [0.5, 0.6) is 0 Å². The average molecular weight is 295 g/mol. The number of hydrogen-bond donors (Lipinski definition) is 1. The summed E-state index contributed by atoms with van der Waals surface area (Å²) < 4.78 is 27.4. The van der Waals surface area contributed by atoms with Gasteiger partial charge in [0.15, 0.2) is 0 Å². The molecule has 3 unspecified atom stereocenters. The van der Waals surface area contributed by atoms with Crippen LogP contribution < -0.4 is 5.32 Å². The lowest BCUT2D eigenvalue weighted by Gasteiger charge is -2.22. The molecule has 3 heteroatoms. The monoisotopic (exact) mass is 295 g/mol. The molecule has 3 atom stereocenters. The molecule has 0 heterocycles. The zero-order valence-corrected chi connectivity index (χ0v) is 13.2. The third-order valence-corrected chi connectivity index (χ3v) is 4.76. The second-order valence-electron chi connectivity index (χ2n) is 6.45. The Bertz CT molecular complexity index is 427. The van der Waals surface area contributed by atoms with Crippen LogP contribution in [0.4, 0.5) is 8.78 Å². The van der Waals surface area contributed by atoms with E-state index < -0.39 is 11.6 Å². The Balaban J connectivity index is 1.88. The predicted molar refractivity (Wildman–Crippen MR) is 83.3 cm³/mol. The molecule has 1 aromatic rings. The van der Waals surface area contributed by atoms with Crippen molar-refractivity contribution < 1.29 is 8.78 Å². The molecule has 1 aliphatic carbocycles. The van der Waals surface area contributed by atoms with Gasteiger partial charge in [-0.05, 0) is 50.7 Å². The first-order valence-corrected chi connectivity index (χ1v) is 8.29. The van der Waals surface area contributed by atoms with Crippen LogP contribution in [0.2, 0.25) is 0 Å². The lowest BCUT2D eigenvalue weighted by atomic mass is 9.97. The van der Waals surface area contributed by atoms with Crippen LogP contribution in [0.3, 0.4) is 0 Å². The second-order valence-corrected chi connectivity index (χ2v) is 6.45. The van der Waals surface area contributed by atoms with Gasteiger partial charge in [0.25, 0.3) is 0 Å². The zero-order valence-electron chi connectivity index (χ0n) is 13.2. The van der Waals surface area contributed by atoms with Gasteiger partial charge in [0.05, 0.1) is 0 Å². The van der Waals surface area contributed by atoms with E-state index in [9.17, 15) is 8.78 Å². The van der Waals surface area contributed by atoms with Crippen LogP contribution in [0, 0.1) is 17.6 Å². The number of benzene rings is 1. The van der Waals surface area contributed by atoms with Crippen molar-refractivity contribution in [1.29, 1.82) is 0 Å². The van der Waals surface area contributed by atoms with Gasteiger partial charge in [-0.15, -0.1) is 0 Å². The average Bonchev–Trinajstić information content (AvgIpc) is 2.68. The van der Waals surface area contributed by atoms with E-state index >= 15 is 0 Å². The molecule has 1 N–H and O–H groups in total. The van der Waals surface area contributed by atoms with E-state index in [1.807, 2.05) is 6.92 Å². The molecule has 1 fully saturated rings. The van der Waals surface area contributed by atoms with Gasteiger partial charge in [-0.2, -0.15) is 0 Å². The molecule has 2 rings (SSSR count). The molecule has 0 aromatic heterocycles. The fourth-order valence-electron chi connectivity index (χ4n) is 3.45. The van der Waals surface area contributed by atoms with Gasteiger partial charge in [-0.25, -0.2) is 8.78 Å². The zero-order chi connectivity index (χ0) is 15.2. The van der Waals surface area contributed by atoms with Gasteiger partial charge < -0.3 is 5.32 Å². The Morgan fingerprint density at radius 2 is 1.86 bits per heavy atom. The van der Waals surface area contributed by atoms with E-state index in [2.05, 4.69) is 12.2 Å². The molecule has 1 nitrogen and oxygen atoms in total. The maximum Gasteiger partial charge on any atom is 0.129 e. The number of halogens is 2. The van der Waals surface area contributed by atoms with E-state index in [1.165, 1.54) is 56.7 Å². The third kappa shape index (κ3) is 4.77. The van der Waals surface area contributed by atoms with Crippen molar-refractivity contribution in [2.75, 3.05) is 0 Å². The standard InChI is InChI=1S/C18H27F2N/c1-3-14-6-4-7-15(11-10-14)21-13(2)12-16-17(19)8-5-9-18(16)20/h5,8-9,13-15,21H,3-4,6-7,10-12H2,1-2H3. The molecular weight excluding hydrogens is 268 g/mol. The highest BCUT2D eigenvalue weighted by Crippen LogP contribution is 2.26. The molecule has 21 heavy (non-hydrogen) atoms. The van der Waals surface area contributed by atoms with E-state index in [-0.39, 0.29) is 11.6 Å². The van der Waals surface area contributed by atoms with Crippen LogP contribution >= 0.6 is 0 Å². The van der Waals surface area contributed by atoms with Crippen LogP contribution in [-0.2, 0) is 6.42 Å². The summed E-state index contributed by atoms with van der Waals surface area (Å²) in [6.45, 7) is 4.29. The number of hydrogen-bond acceptors (Lipinski definition) is 1. The molecule has 1 aromatic carbocycles. The first kappa shape index (κ1) is 16.4. The molecule has 1 aliphatic rings. The summed E-state index contributed by atoms with van der Waals surface area (Å²) in [4.78, 5) is 0. The van der Waals surface area contributed by atoms with E-state index in [0.29, 0.717) is 12.5 Å². The summed E-state index contributed by atoms with van der Waals surface area (Å²) in [7, 11) is 0. The first-order chi connectivity index (χ1) is 10.1. The Morgan fingerprint density at radius 1 is 1.14 bits per heavy atom. The van der Waals surface area contributed by atoms with Crippen molar-refractivity contribution in [2.24, 2.45) is 5.92 Å². The fraction of sp³-hybridized carbons (Fsp3) is 0.667. The Labute approximate surface area is 127 Å². The molecular formula is C18H27F2N. The highest BCUT2D eigenvalue weighted by molar-refractivity contribution is 5.20. The van der Waals surface area contributed by atoms with Crippen LogP contribution in [0.15, 0.2) is 18.2 Å². The molecule has 0 bridgehead atoms. The summed E-state index contributed by atoms with van der Waals surface area (Å²) in [6, 6.07) is 4.68. The van der Waals surface area contributed by atoms with E-state index in [0.717, 1.165) is 5.92 Å². The molecule has 0 amide bonds. The summed E-state index contributed by atoms with van der Waals surface area (Å²) in [5.74, 6) is -0.0118. The van der Waals surface area contributed by atoms with Crippen molar-refractivity contribution in [2.45, 2.75) is 70.9 Å². The Kier molecular flexibility index (Phi) is 6.16. The minimum Gasteiger partial charge on any atom is -0.311 e. The highest BCUT2D eigenvalue weighted by Gasteiger charge is 2.20. The van der Waals surface area contributed by atoms with Gasteiger partial charge in [0.2, 0.25) is 0 Å². The SMILES string of the molecule is CCC1CCCC(NC(C)Cc2c(F)cccc2F)CC1. The van der Waals surface area contributed by atoms with Crippen molar-refractivity contribution in [1.82, 2.24) is 5.32 Å². The van der Waals surface area contributed by atoms with Gasteiger partial charge in [-0.3, -0.25) is 0 Å². The Morgan fingerprint density at radius 3 is 2.52 bits per heavy atom. The van der Waals surface area contributed by atoms with Gasteiger partial charge in [0, 0.05) is 17.6 Å². The minimum absolute atomic E-state index is 0.0968. The van der Waals surface area contributed by atoms with Crippen molar-refractivity contribution in [3.63, 3.8) is 0 Å². The second kappa shape index (κ2) is 7.88. The van der Waals surface area contributed by atoms with E-state index in [1.54, 1.807) is 0 Å². The van der Waals surface area contributed by atoms with Crippen molar-refractivity contribution in [3.05, 3.63) is 35.4 Å². The highest BCUT2D eigenvalue weighted by atomic mass is 19.1. The maximum absolute atomic E-state index is 13.7. The molecule has 1 saturated carbocycles. The van der Waals surface area contributed by atoms with E-state index in [4.69, 9.17) is 0 Å². The first-order valence-electron chi connectivity index (χ1n) is 8.29. The number of nitrogens with one attached hydrogen (secondary N) is 1. The lowest BCUT2D eigenvalue weighted by molar-refractivity contribution is 0.388. The quantitative estimate of drug-likeness (QED) is 0.766. The molecule has 0 saturated heterocycles. The summed E-state index contributed by atoms with van der Waals surface area (Å²) in [5, 5.41) is 3.57.